The molecule has 0 aliphatic rings. The maximum Gasteiger partial charge on any atom is 0.306 e. The van der Waals surface area contributed by atoms with Crippen LogP contribution in [0.15, 0.2) is 0 Å². The number of aliphatic carboxylic acids is 4. The molecule has 0 saturated carbocycles. The molecular weight excluding hydrogens is 901 g/mol. The smallest absolute Gasteiger partial charge is 0.306 e. The van der Waals surface area contributed by atoms with E-state index in [1.165, 1.54) is 44.9 Å². The second kappa shape index (κ2) is 44.8. The monoisotopic (exact) mass is 987 g/mol. The summed E-state index contributed by atoms with van der Waals surface area (Å²) in [5, 5.41) is 42.0. The highest BCUT2D eigenvalue weighted by molar-refractivity contribution is 5.86. The Bertz CT molecular complexity index is 1460. The van der Waals surface area contributed by atoms with Gasteiger partial charge in [-0.05, 0) is 44.9 Å². The summed E-state index contributed by atoms with van der Waals surface area (Å²) in [7, 11) is 0. The van der Waals surface area contributed by atoms with Gasteiger partial charge in [-0.15, -0.1) is 0 Å². The average molecular weight is 987 g/mol. The number of carbonyl (C=O) groups excluding carboxylic acids is 5. The lowest BCUT2D eigenvalue weighted by atomic mass is 9.94. The Morgan fingerprint density at radius 3 is 1.29 bits per heavy atom. The second-order valence-electron chi connectivity index (χ2n) is 17.9. The fourth-order valence-corrected chi connectivity index (χ4v) is 7.29. The summed E-state index contributed by atoms with van der Waals surface area (Å²) in [5.41, 5.74) is 0. The van der Waals surface area contributed by atoms with E-state index in [0.29, 0.717) is 38.6 Å². The van der Waals surface area contributed by atoms with Crippen molar-refractivity contribution in [2.45, 2.75) is 180 Å². The number of nitrogens with one attached hydrogen (secondary N) is 2. The van der Waals surface area contributed by atoms with Crippen LogP contribution in [0, 0.1) is 17.8 Å². The zero-order chi connectivity index (χ0) is 51.3. The first-order valence-corrected chi connectivity index (χ1v) is 25.4. The number of unbranched alkanes of at least 4 members (excludes halogenated alkanes) is 14. The summed E-state index contributed by atoms with van der Waals surface area (Å²) in [5.74, 6) is -7.54. The highest BCUT2D eigenvalue weighted by Crippen LogP contribution is 2.18. The van der Waals surface area contributed by atoms with Crippen molar-refractivity contribution in [1.29, 1.82) is 0 Å². The zero-order valence-corrected chi connectivity index (χ0v) is 41.5. The minimum absolute atomic E-state index is 0.00762. The molecule has 0 aliphatic heterocycles. The van der Waals surface area contributed by atoms with Crippen molar-refractivity contribution in [3.63, 3.8) is 0 Å². The van der Waals surface area contributed by atoms with Crippen LogP contribution >= 0.6 is 0 Å². The Labute approximate surface area is 409 Å². The molecule has 0 aromatic carbocycles. The van der Waals surface area contributed by atoms with Gasteiger partial charge in [0.1, 0.15) is 19.0 Å². The van der Waals surface area contributed by atoms with Crippen molar-refractivity contribution in [2.24, 2.45) is 17.8 Å². The van der Waals surface area contributed by atoms with Gasteiger partial charge in [0.15, 0.2) is 11.6 Å². The lowest BCUT2D eigenvalue weighted by molar-refractivity contribution is -0.145. The minimum atomic E-state index is -1.18. The van der Waals surface area contributed by atoms with Gasteiger partial charge in [0.25, 0.3) is 0 Å². The van der Waals surface area contributed by atoms with Gasteiger partial charge in [0, 0.05) is 64.6 Å². The summed E-state index contributed by atoms with van der Waals surface area (Å²) < 4.78 is 21.5. The van der Waals surface area contributed by atoms with E-state index >= 15 is 0 Å². The van der Waals surface area contributed by atoms with Crippen molar-refractivity contribution in [3.05, 3.63) is 0 Å². The van der Waals surface area contributed by atoms with E-state index in [1.54, 1.807) is 6.92 Å². The van der Waals surface area contributed by atoms with Crippen molar-refractivity contribution in [3.8, 4) is 0 Å². The molecule has 0 saturated heterocycles. The molecule has 0 bridgehead atoms. The molecule has 0 unspecified atom stereocenters. The molecule has 0 aliphatic carbocycles. The highest BCUT2D eigenvalue weighted by Gasteiger charge is 2.23. The first-order valence-electron chi connectivity index (χ1n) is 25.4. The Hall–Kier alpha value is -4.33. The van der Waals surface area contributed by atoms with Crippen LogP contribution in [0.4, 0.5) is 0 Å². The van der Waals surface area contributed by atoms with Gasteiger partial charge >= 0.3 is 23.9 Å². The van der Waals surface area contributed by atoms with Crippen LogP contribution in [0.25, 0.3) is 0 Å². The number of Topliss-reactive ketones (excluding diaryl/α,β-unsaturated/α-hetero) is 3. The molecule has 2 amide bonds. The molecule has 19 heteroatoms. The molecule has 19 nitrogen and oxygen atoms in total. The number of carboxylic acid groups (broad SMARTS) is 4. The van der Waals surface area contributed by atoms with Crippen LogP contribution in [0.1, 0.15) is 180 Å². The zero-order valence-electron chi connectivity index (χ0n) is 41.5. The van der Waals surface area contributed by atoms with Crippen molar-refractivity contribution in [1.82, 2.24) is 10.6 Å². The van der Waals surface area contributed by atoms with Gasteiger partial charge < -0.3 is 50.0 Å². The number of carboxylic acids is 4. The van der Waals surface area contributed by atoms with Crippen LogP contribution < -0.4 is 10.6 Å². The molecule has 3 atom stereocenters. The molecular formula is C50H86N2O17. The summed E-state index contributed by atoms with van der Waals surface area (Å²) >= 11 is 0. The topological polar surface area (TPSA) is 296 Å². The van der Waals surface area contributed by atoms with E-state index in [0.717, 1.165) is 44.9 Å². The molecule has 0 rings (SSSR count). The second-order valence-corrected chi connectivity index (χ2v) is 17.9. The fraction of sp³-hybridized carbons (Fsp3) is 0.820. The van der Waals surface area contributed by atoms with Gasteiger partial charge in [-0.3, -0.25) is 43.2 Å². The van der Waals surface area contributed by atoms with Gasteiger partial charge in [0.2, 0.25) is 11.8 Å². The Morgan fingerprint density at radius 1 is 0.377 bits per heavy atom. The molecule has 0 aromatic heterocycles. The number of hydrogen-bond donors (Lipinski definition) is 6. The third-order valence-electron chi connectivity index (χ3n) is 11.6. The Morgan fingerprint density at radius 2 is 0.797 bits per heavy atom. The summed E-state index contributed by atoms with van der Waals surface area (Å²) in [6.07, 6.45) is 17.8. The maximum atomic E-state index is 12.5. The van der Waals surface area contributed by atoms with Gasteiger partial charge in [0.05, 0.1) is 50.8 Å². The van der Waals surface area contributed by atoms with Crippen molar-refractivity contribution < 1.29 is 82.5 Å². The summed E-state index contributed by atoms with van der Waals surface area (Å²) in [4.78, 5) is 106. The van der Waals surface area contributed by atoms with E-state index in [1.807, 2.05) is 0 Å². The Kier molecular flexibility index (Phi) is 42.0. The number of carbonyl (C=O) groups is 9. The lowest BCUT2D eigenvalue weighted by Gasteiger charge is -2.12. The first kappa shape index (κ1) is 64.7. The van der Waals surface area contributed by atoms with Crippen LogP contribution in [0.3, 0.4) is 0 Å². The largest absolute Gasteiger partial charge is 0.481 e. The van der Waals surface area contributed by atoms with Crippen LogP contribution in [-0.4, -0.2) is 139 Å². The number of ether oxygens (including phenoxy) is 4. The molecule has 0 heterocycles. The third-order valence-corrected chi connectivity index (χ3v) is 11.6. The quantitative estimate of drug-likeness (QED) is 0.0344. The van der Waals surface area contributed by atoms with Crippen molar-refractivity contribution in [2.75, 3.05) is 65.9 Å². The minimum Gasteiger partial charge on any atom is -0.481 e. The summed E-state index contributed by atoms with van der Waals surface area (Å²) in [6.45, 7) is 2.91. The Balaban J connectivity index is 3.79. The van der Waals surface area contributed by atoms with E-state index in [2.05, 4.69) is 10.6 Å². The van der Waals surface area contributed by atoms with E-state index in [9.17, 15) is 53.4 Å². The maximum absolute atomic E-state index is 12.5. The normalized spacial score (nSPS) is 12.5. The molecule has 6 N–H and O–H groups in total. The molecule has 0 fully saturated rings. The molecule has 0 spiro atoms. The first-order chi connectivity index (χ1) is 33.1. The predicted octanol–water partition coefficient (Wildman–Crippen LogP) is 6.73. The van der Waals surface area contributed by atoms with E-state index in [-0.39, 0.29) is 134 Å². The highest BCUT2D eigenvalue weighted by atomic mass is 16.5. The molecule has 0 aromatic rings. The standard InChI is InChI=1S/C50H86N2O17/c1-39(48(60)61)19-16-17-27-51-45(56)25-24-41(50(64)65)36-44(55)38-69-33-31-66-29-18-21-43(54)37-68-34-32-67-30-28-52-46(57)26-23-40(49(62)63)35-42(53)20-14-12-10-8-6-4-2-3-5-7-9-11-13-15-22-47(58)59/h39-41H,2-38H2,1H3,(H,51,56)(H,52,57)(H,58,59)(H,60,61)(H,62,63)(H,64,65)/t39-,40+,41+/m0/s1. The van der Waals surface area contributed by atoms with Gasteiger partial charge in [-0.2, -0.15) is 0 Å². The van der Waals surface area contributed by atoms with Crippen LogP contribution in [0.2, 0.25) is 0 Å². The number of amides is 2. The van der Waals surface area contributed by atoms with Crippen molar-refractivity contribution >= 4 is 53.0 Å². The number of hydrogen-bond acceptors (Lipinski definition) is 13. The number of rotatable bonds is 52. The predicted molar refractivity (Wildman–Crippen MR) is 256 cm³/mol. The van der Waals surface area contributed by atoms with Gasteiger partial charge in [-0.25, -0.2) is 0 Å². The molecule has 0 radical (unpaired) electrons. The average Bonchev–Trinajstić information content (AvgIpc) is 3.29. The fourth-order valence-electron chi connectivity index (χ4n) is 7.29. The van der Waals surface area contributed by atoms with Crippen LogP contribution in [-0.2, 0) is 62.1 Å². The van der Waals surface area contributed by atoms with Gasteiger partial charge in [-0.1, -0.05) is 90.4 Å². The molecule has 398 valence electrons. The van der Waals surface area contributed by atoms with Crippen LogP contribution in [0.5, 0.6) is 0 Å². The van der Waals surface area contributed by atoms with E-state index < -0.39 is 47.4 Å². The third kappa shape index (κ3) is 43.4. The number of ketones is 3. The SMILES string of the molecule is C[C@@H](CCCCNC(=O)CC[C@H](CC(=O)COCCOCCCC(=O)COCCOCCNC(=O)CC[C@H](CC(=O)CCCCCCCCCCCCCCCCC(=O)O)C(=O)O)C(=O)O)C(=O)O. The lowest BCUT2D eigenvalue weighted by Crippen LogP contribution is -2.29. The van der Waals surface area contributed by atoms with E-state index in [4.69, 9.17) is 29.2 Å². The summed E-state index contributed by atoms with van der Waals surface area (Å²) in [6, 6.07) is 0. The molecule has 69 heavy (non-hydrogen) atoms.